The fourth-order valence-electron chi connectivity index (χ4n) is 3.69. The van der Waals surface area contributed by atoms with E-state index in [0.29, 0.717) is 5.76 Å². The van der Waals surface area contributed by atoms with Crippen LogP contribution in [0.15, 0.2) is 107 Å². The van der Waals surface area contributed by atoms with Crippen LogP contribution in [0.1, 0.15) is 17.0 Å². The van der Waals surface area contributed by atoms with Crippen molar-refractivity contribution in [3.05, 3.63) is 123 Å². The first kappa shape index (κ1) is 18.8. The van der Waals surface area contributed by atoms with Gasteiger partial charge in [-0.2, -0.15) is 0 Å². The molecular formula is C23H16Br2N2O. The zero-order valence-corrected chi connectivity index (χ0v) is 18.1. The lowest BCUT2D eigenvalue weighted by Crippen LogP contribution is -2.37. The van der Waals surface area contributed by atoms with Crippen LogP contribution in [0.2, 0.25) is 0 Å². The maximum atomic E-state index is 6.15. The van der Waals surface area contributed by atoms with Gasteiger partial charge in [-0.15, -0.1) is 0 Å². The first-order valence-electron chi connectivity index (χ1n) is 8.64. The first-order valence-corrected chi connectivity index (χ1v) is 10.2. The van der Waals surface area contributed by atoms with Crippen LogP contribution in [-0.2, 0) is 5.41 Å². The Kier molecular flexibility index (Phi) is 5.04. The van der Waals surface area contributed by atoms with Gasteiger partial charge in [-0.05, 0) is 68.3 Å². The van der Waals surface area contributed by atoms with E-state index in [4.69, 9.17) is 14.7 Å². The van der Waals surface area contributed by atoms with Gasteiger partial charge in [0.25, 0.3) is 0 Å². The quantitative estimate of drug-likeness (QED) is 0.395. The molecule has 0 saturated carbocycles. The normalized spacial score (nSPS) is 14.8. The molecule has 2 aromatic heterocycles. The van der Waals surface area contributed by atoms with Crippen LogP contribution < -0.4 is 4.74 Å². The van der Waals surface area contributed by atoms with Crippen molar-refractivity contribution >= 4 is 31.9 Å². The van der Waals surface area contributed by atoms with E-state index >= 15 is 0 Å². The summed E-state index contributed by atoms with van der Waals surface area (Å²) in [6.45, 7) is 8.04. The second-order valence-corrected chi connectivity index (χ2v) is 7.85. The molecule has 138 valence electrons. The number of fused-ring (bicyclic) bond motifs is 1. The summed E-state index contributed by atoms with van der Waals surface area (Å²) in [6, 6.07) is 19.7. The topological polar surface area (TPSA) is 35.0 Å². The third kappa shape index (κ3) is 2.86. The zero-order chi connectivity index (χ0) is 19.7. The van der Waals surface area contributed by atoms with Crippen LogP contribution in [0.25, 0.3) is 0 Å². The van der Waals surface area contributed by atoms with Gasteiger partial charge in [0.05, 0.1) is 11.4 Å². The zero-order valence-electron chi connectivity index (χ0n) is 14.9. The maximum absolute atomic E-state index is 6.15. The predicted octanol–water partition coefficient (Wildman–Crippen LogP) is 6.35. The molecule has 0 fully saturated rings. The van der Waals surface area contributed by atoms with E-state index in [1.807, 2.05) is 60.7 Å². The van der Waals surface area contributed by atoms with Gasteiger partial charge >= 0.3 is 0 Å². The minimum Gasteiger partial charge on any atom is -0.457 e. The molecule has 3 heterocycles. The van der Waals surface area contributed by atoms with Crippen molar-refractivity contribution in [2.75, 3.05) is 0 Å². The maximum Gasteiger partial charge on any atom is 0.132 e. The van der Waals surface area contributed by atoms with E-state index in [9.17, 15) is 0 Å². The summed E-state index contributed by atoms with van der Waals surface area (Å²) in [5.41, 5.74) is 2.63. The Balaban J connectivity index is 2.22. The Labute approximate surface area is 180 Å². The summed E-state index contributed by atoms with van der Waals surface area (Å²) >= 11 is 7.04. The molecular weight excluding hydrogens is 480 g/mol. The van der Waals surface area contributed by atoms with Crippen molar-refractivity contribution < 1.29 is 4.74 Å². The van der Waals surface area contributed by atoms with Crippen LogP contribution in [0.4, 0.5) is 0 Å². The molecule has 0 aliphatic carbocycles. The molecule has 0 amide bonds. The van der Waals surface area contributed by atoms with E-state index in [0.717, 1.165) is 37.5 Å². The molecule has 0 atom stereocenters. The summed E-state index contributed by atoms with van der Waals surface area (Å²) in [4.78, 5) is 9.66. The van der Waals surface area contributed by atoms with Gasteiger partial charge in [-0.3, -0.25) is 0 Å². The highest BCUT2D eigenvalue weighted by Crippen LogP contribution is 2.52. The Morgan fingerprint density at radius 3 is 1.93 bits per heavy atom. The average Bonchev–Trinajstić information content (AvgIpc) is 2.72. The molecule has 1 aliphatic rings. The van der Waals surface area contributed by atoms with Crippen LogP contribution in [0, 0.1) is 0 Å². The van der Waals surface area contributed by atoms with Crippen LogP contribution >= 0.6 is 31.9 Å². The van der Waals surface area contributed by atoms with Gasteiger partial charge in [0.15, 0.2) is 0 Å². The fourth-order valence-corrected chi connectivity index (χ4v) is 4.38. The minimum absolute atomic E-state index is 0.636. The van der Waals surface area contributed by atoms with E-state index in [2.05, 4.69) is 45.0 Å². The number of benzene rings is 1. The number of hydrogen-bond acceptors (Lipinski definition) is 3. The number of hydrogen-bond donors (Lipinski definition) is 0. The third-order valence-corrected chi connectivity index (χ3v) is 5.65. The predicted molar refractivity (Wildman–Crippen MR) is 118 cm³/mol. The van der Waals surface area contributed by atoms with Crippen LogP contribution in [-0.4, -0.2) is 9.97 Å². The first-order chi connectivity index (χ1) is 13.6. The van der Waals surface area contributed by atoms with E-state index in [-0.39, 0.29) is 0 Å². The highest BCUT2D eigenvalue weighted by Gasteiger charge is 2.47. The Hall–Kier alpha value is -2.50. The largest absolute Gasteiger partial charge is 0.457 e. The summed E-state index contributed by atoms with van der Waals surface area (Å²) in [6.07, 6.45) is 3.51. The second-order valence-electron chi connectivity index (χ2n) is 6.23. The van der Waals surface area contributed by atoms with Gasteiger partial charge in [0, 0.05) is 11.1 Å². The molecule has 0 unspecified atom stereocenters. The Morgan fingerprint density at radius 1 is 0.786 bits per heavy atom. The second kappa shape index (κ2) is 7.49. The molecule has 4 rings (SSSR count). The lowest BCUT2D eigenvalue weighted by molar-refractivity contribution is 0.398. The molecule has 0 radical (unpaired) electrons. The fraction of sp³-hybridized carbons (Fsp3) is 0.0435. The number of halogens is 2. The third-order valence-electron chi connectivity index (χ3n) is 4.77. The molecule has 3 aromatic rings. The number of rotatable bonds is 4. The highest BCUT2D eigenvalue weighted by atomic mass is 79.9. The van der Waals surface area contributed by atoms with Crippen molar-refractivity contribution in [3.63, 3.8) is 0 Å². The lowest BCUT2D eigenvalue weighted by atomic mass is 9.66. The van der Waals surface area contributed by atoms with Crippen molar-refractivity contribution in [1.82, 2.24) is 9.97 Å². The Bertz CT molecular complexity index is 1080. The number of ether oxygens (including phenoxy) is 1. The van der Waals surface area contributed by atoms with Crippen molar-refractivity contribution in [1.29, 1.82) is 0 Å². The summed E-state index contributed by atoms with van der Waals surface area (Å²) < 4.78 is 7.64. The summed E-state index contributed by atoms with van der Waals surface area (Å²) in [5.74, 6) is 1.38. The number of allylic oxidation sites excluding steroid dienone is 3. The van der Waals surface area contributed by atoms with E-state index in [1.165, 1.54) is 0 Å². The van der Waals surface area contributed by atoms with Gasteiger partial charge in [0.1, 0.15) is 26.1 Å². The monoisotopic (exact) mass is 494 g/mol. The number of aromatic nitrogens is 2. The minimum atomic E-state index is -0.798. The molecule has 0 bridgehead atoms. The van der Waals surface area contributed by atoms with E-state index in [1.54, 1.807) is 12.2 Å². The molecule has 3 nitrogen and oxygen atoms in total. The van der Waals surface area contributed by atoms with Crippen molar-refractivity contribution in [2.24, 2.45) is 0 Å². The van der Waals surface area contributed by atoms with Crippen molar-refractivity contribution in [3.8, 4) is 5.75 Å². The van der Waals surface area contributed by atoms with Gasteiger partial charge in [-0.1, -0.05) is 49.6 Å². The van der Waals surface area contributed by atoms with E-state index < -0.39 is 5.41 Å². The van der Waals surface area contributed by atoms with Crippen LogP contribution in [0.5, 0.6) is 5.75 Å². The Morgan fingerprint density at radius 2 is 1.39 bits per heavy atom. The lowest BCUT2D eigenvalue weighted by Gasteiger charge is -2.40. The van der Waals surface area contributed by atoms with Gasteiger partial charge in [0.2, 0.25) is 0 Å². The molecule has 0 saturated heterocycles. The van der Waals surface area contributed by atoms with Crippen molar-refractivity contribution in [2.45, 2.75) is 5.41 Å². The van der Waals surface area contributed by atoms with Crippen LogP contribution in [0.3, 0.4) is 0 Å². The highest BCUT2D eigenvalue weighted by molar-refractivity contribution is 9.10. The molecule has 1 aliphatic heterocycles. The molecule has 0 N–H and O–H groups in total. The summed E-state index contributed by atoms with van der Waals surface area (Å²) in [7, 11) is 0. The standard InChI is InChI=1S/C23H16Br2N2O/c1-3-15-17(4-2)28-18-10-6-5-9-16(18)23(15,19-11-7-13-21(24)26-19)20-12-8-14-22(25)27-20/h3-14H,1-2H2. The average molecular weight is 496 g/mol. The molecule has 28 heavy (non-hydrogen) atoms. The number of pyridine rings is 2. The molecule has 1 aromatic carbocycles. The number of para-hydroxylation sites is 1. The van der Waals surface area contributed by atoms with Gasteiger partial charge < -0.3 is 4.74 Å². The number of nitrogens with zero attached hydrogens (tertiary/aromatic N) is 2. The molecule has 5 heteroatoms. The molecule has 0 spiro atoms. The summed E-state index contributed by atoms with van der Waals surface area (Å²) in [5, 5.41) is 0. The SMILES string of the molecule is C=CC1=C(C=C)C(c2cccc(Br)n2)(c2cccc(Br)n2)c2ccccc2O1. The smallest absolute Gasteiger partial charge is 0.132 e. The van der Waals surface area contributed by atoms with Gasteiger partial charge in [-0.25, -0.2) is 9.97 Å².